The van der Waals surface area contributed by atoms with Crippen LogP contribution in [0.3, 0.4) is 0 Å². The van der Waals surface area contributed by atoms with Gasteiger partial charge in [0.05, 0.1) is 0 Å². The van der Waals surface area contributed by atoms with Gasteiger partial charge in [-0.2, -0.15) is 0 Å². The van der Waals surface area contributed by atoms with Gasteiger partial charge < -0.3 is 10.2 Å². The Morgan fingerprint density at radius 3 is 1.15 bits per heavy atom. The van der Waals surface area contributed by atoms with Gasteiger partial charge in [-0.05, 0) is 13.8 Å². The molecule has 0 rings (SSSR count). The van der Waals surface area contributed by atoms with Crippen LogP contribution >= 0.6 is 0 Å². The highest BCUT2D eigenvalue weighted by Crippen LogP contribution is 1.80. The fraction of sp³-hybridized carbons (Fsp3) is 0.125. The molecule has 108 valence electrons. The normalized spacial score (nSPS) is 12.1. The smallest absolute Gasteiger partial charge is 0.328 e. The molecule has 0 aromatic carbocycles. The van der Waals surface area contributed by atoms with E-state index in [2.05, 4.69) is 0 Å². The van der Waals surface area contributed by atoms with Gasteiger partial charge in [0.1, 0.15) is 0 Å². The molecule has 4 heteroatoms. The number of allylic oxidation sites excluding steroid dienone is 10. The zero-order chi connectivity index (χ0) is 15.6. The third-order valence-electron chi connectivity index (χ3n) is 1.53. The lowest BCUT2D eigenvalue weighted by molar-refractivity contribution is -0.132. The molecule has 0 heterocycles. The van der Waals surface area contributed by atoms with Crippen molar-refractivity contribution in [3.63, 3.8) is 0 Å². The lowest BCUT2D eigenvalue weighted by Crippen LogP contribution is -1.84. The van der Waals surface area contributed by atoms with Crippen LogP contribution in [0.4, 0.5) is 0 Å². The molecule has 20 heavy (non-hydrogen) atoms. The summed E-state index contributed by atoms with van der Waals surface area (Å²) in [6.07, 6.45) is 19.3. The Morgan fingerprint density at radius 1 is 0.600 bits per heavy atom. The predicted octanol–water partition coefficient (Wildman–Crippen LogP) is 3.52. The highest BCUT2D eigenvalue weighted by Gasteiger charge is 1.79. The number of rotatable bonds is 6. The molecule has 0 aromatic rings. The molecular formula is C16H20O4. The number of hydrogen-bond donors (Lipinski definition) is 2. The summed E-state index contributed by atoms with van der Waals surface area (Å²) in [5, 5.41) is 16.3. The Kier molecular flexibility index (Phi) is 16.1. The van der Waals surface area contributed by atoms with E-state index >= 15 is 0 Å². The topological polar surface area (TPSA) is 74.6 Å². The molecule has 0 unspecified atom stereocenters. The first-order valence-corrected chi connectivity index (χ1v) is 5.92. The summed E-state index contributed by atoms with van der Waals surface area (Å²) in [5.41, 5.74) is 0. The van der Waals surface area contributed by atoms with Crippen LogP contribution in [0, 0.1) is 0 Å². The van der Waals surface area contributed by atoms with E-state index in [-0.39, 0.29) is 0 Å². The van der Waals surface area contributed by atoms with Crippen molar-refractivity contribution in [2.75, 3.05) is 0 Å². The molecule has 0 fully saturated rings. The molecule has 0 aliphatic heterocycles. The minimum atomic E-state index is -0.926. The molecule has 0 saturated carbocycles. The second kappa shape index (κ2) is 16.4. The first kappa shape index (κ1) is 19.7. The predicted molar refractivity (Wildman–Crippen MR) is 81.5 cm³/mol. The van der Waals surface area contributed by atoms with E-state index in [0.717, 1.165) is 12.2 Å². The van der Waals surface area contributed by atoms with E-state index in [1.165, 1.54) is 12.2 Å². The second-order valence-corrected chi connectivity index (χ2v) is 3.22. The molecule has 0 spiro atoms. The lowest BCUT2D eigenvalue weighted by atomic mass is 10.4. The van der Waals surface area contributed by atoms with Gasteiger partial charge in [0.2, 0.25) is 0 Å². The second-order valence-electron chi connectivity index (χ2n) is 3.22. The number of carbonyl (C=O) groups is 2. The summed E-state index contributed by atoms with van der Waals surface area (Å²) in [4.78, 5) is 19.8. The maximum absolute atomic E-state index is 9.89. The first-order valence-electron chi connectivity index (χ1n) is 5.92. The van der Waals surface area contributed by atoms with Crippen LogP contribution in [-0.4, -0.2) is 22.2 Å². The minimum absolute atomic E-state index is 0.926. The quantitative estimate of drug-likeness (QED) is 0.575. The average Bonchev–Trinajstić information content (AvgIpc) is 2.38. The average molecular weight is 276 g/mol. The molecule has 0 aliphatic rings. The van der Waals surface area contributed by atoms with Crippen LogP contribution in [0.1, 0.15) is 13.8 Å². The highest BCUT2D eigenvalue weighted by atomic mass is 16.4. The summed E-state index contributed by atoms with van der Waals surface area (Å²) >= 11 is 0. The summed E-state index contributed by atoms with van der Waals surface area (Å²) in [6.45, 7) is 3.79. The van der Waals surface area contributed by atoms with Crippen molar-refractivity contribution in [1.82, 2.24) is 0 Å². The van der Waals surface area contributed by atoms with Gasteiger partial charge in [0.15, 0.2) is 0 Å². The lowest BCUT2D eigenvalue weighted by Gasteiger charge is -1.73. The molecule has 0 saturated heterocycles. The number of hydrogen-bond acceptors (Lipinski definition) is 2. The molecule has 0 amide bonds. The van der Waals surface area contributed by atoms with Crippen molar-refractivity contribution < 1.29 is 19.8 Å². The van der Waals surface area contributed by atoms with Gasteiger partial charge >= 0.3 is 11.9 Å². The van der Waals surface area contributed by atoms with Crippen LogP contribution in [0.15, 0.2) is 72.9 Å². The maximum Gasteiger partial charge on any atom is 0.328 e. The first-order chi connectivity index (χ1) is 9.54. The van der Waals surface area contributed by atoms with Crippen molar-refractivity contribution in [3.8, 4) is 0 Å². The third-order valence-corrected chi connectivity index (χ3v) is 1.53. The summed E-state index contributed by atoms with van der Waals surface area (Å²) in [6, 6.07) is 0. The van der Waals surface area contributed by atoms with Gasteiger partial charge in [-0.25, -0.2) is 9.59 Å². The van der Waals surface area contributed by atoms with E-state index in [9.17, 15) is 9.59 Å². The number of carboxylic acid groups (broad SMARTS) is 2. The monoisotopic (exact) mass is 276 g/mol. The van der Waals surface area contributed by atoms with Gasteiger partial charge in [-0.1, -0.05) is 60.8 Å². The maximum atomic E-state index is 9.89. The van der Waals surface area contributed by atoms with Crippen molar-refractivity contribution >= 4 is 11.9 Å². The van der Waals surface area contributed by atoms with Crippen LogP contribution in [0.2, 0.25) is 0 Å². The van der Waals surface area contributed by atoms with E-state index in [0.29, 0.717) is 0 Å². The van der Waals surface area contributed by atoms with Gasteiger partial charge in [0, 0.05) is 12.2 Å². The van der Waals surface area contributed by atoms with Crippen molar-refractivity contribution in [1.29, 1.82) is 0 Å². The zero-order valence-electron chi connectivity index (χ0n) is 11.6. The molecule has 2 N–H and O–H groups in total. The SMILES string of the molecule is C/C=C/C=C/C=C/C(=O)O.C/C=C/C=C/C=C/C(=O)O. The van der Waals surface area contributed by atoms with E-state index in [4.69, 9.17) is 10.2 Å². The Hall–Kier alpha value is -2.62. The van der Waals surface area contributed by atoms with Gasteiger partial charge in [-0.15, -0.1) is 0 Å². The molecule has 0 bridgehead atoms. The fourth-order valence-electron chi connectivity index (χ4n) is 0.755. The van der Waals surface area contributed by atoms with Crippen LogP contribution in [0.5, 0.6) is 0 Å². The van der Waals surface area contributed by atoms with E-state index < -0.39 is 11.9 Å². The van der Waals surface area contributed by atoms with Crippen LogP contribution in [0.25, 0.3) is 0 Å². The summed E-state index contributed by atoms with van der Waals surface area (Å²) < 4.78 is 0. The van der Waals surface area contributed by atoms with Gasteiger partial charge in [0.25, 0.3) is 0 Å². The van der Waals surface area contributed by atoms with Crippen molar-refractivity contribution in [3.05, 3.63) is 72.9 Å². The fourth-order valence-corrected chi connectivity index (χ4v) is 0.755. The largest absolute Gasteiger partial charge is 0.478 e. The molecular weight excluding hydrogens is 256 g/mol. The highest BCUT2D eigenvalue weighted by molar-refractivity contribution is 5.80. The molecule has 0 radical (unpaired) electrons. The third kappa shape index (κ3) is 24.6. The zero-order valence-corrected chi connectivity index (χ0v) is 11.6. The minimum Gasteiger partial charge on any atom is -0.478 e. The van der Waals surface area contributed by atoms with Gasteiger partial charge in [-0.3, -0.25) is 0 Å². The number of aliphatic carboxylic acids is 2. The Bertz CT molecular complexity index is 393. The Balaban J connectivity index is 0. The van der Waals surface area contributed by atoms with Crippen molar-refractivity contribution in [2.24, 2.45) is 0 Å². The molecule has 0 atom stereocenters. The summed E-state index contributed by atoms with van der Waals surface area (Å²) in [5.74, 6) is -1.85. The Labute approximate surface area is 119 Å². The molecule has 0 aromatic heterocycles. The van der Waals surface area contributed by atoms with E-state index in [1.54, 1.807) is 24.3 Å². The van der Waals surface area contributed by atoms with E-state index in [1.807, 2.05) is 38.2 Å². The molecule has 4 nitrogen and oxygen atoms in total. The Morgan fingerprint density at radius 2 is 0.900 bits per heavy atom. The standard InChI is InChI=1S/2C8H10O2/c2*1-2-3-4-5-6-7-8(9)10/h2*2-7H,1H3,(H,9,10)/b2*3-2+,5-4+,7-6+. The summed E-state index contributed by atoms with van der Waals surface area (Å²) in [7, 11) is 0. The molecule has 0 aliphatic carbocycles. The van der Waals surface area contributed by atoms with Crippen molar-refractivity contribution in [2.45, 2.75) is 13.8 Å². The van der Waals surface area contributed by atoms with Crippen LogP contribution in [-0.2, 0) is 9.59 Å². The number of carboxylic acids is 2. The van der Waals surface area contributed by atoms with Crippen LogP contribution < -0.4 is 0 Å².